The van der Waals surface area contributed by atoms with Crippen LogP contribution in [-0.4, -0.2) is 51.7 Å². The molecule has 0 fully saturated rings. The molecule has 0 aliphatic carbocycles. The van der Waals surface area contributed by atoms with Gasteiger partial charge in [0, 0.05) is 36.8 Å². The molecule has 1 aliphatic rings. The number of aryl methyl sites for hydroxylation is 1. The van der Waals surface area contributed by atoms with Gasteiger partial charge in [0.25, 0.3) is 0 Å². The third-order valence-corrected chi connectivity index (χ3v) is 5.61. The standard InChI is InChI=1S/C24H36N6O3/c1-15(2)25-10-7-11-29-14-22(27-28-29)19-8-9-23-20(13-19)21(26-24(32)33-16(3)4)12-17(5)30(23)18(6)31/h8-9,13-17,21,25H,7,10-12H2,1-6H3,(H,26,32)/t17-,21+/m0/s1. The summed E-state index contributed by atoms with van der Waals surface area (Å²) in [5.41, 5.74) is 3.32. The maximum absolute atomic E-state index is 12.4. The first kappa shape index (κ1) is 24.7. The van der Waals surface area contributed by atoms with E-state index in [9.17, 15) is 9.59 Å². The predicted octanol–water partition coefficient (Wildman–Crippen LogP) is 3.65. The monoisotopic (exact) mass is 456 g/mol. The van der Waals surface area contributed by atoms with E-state index in [0.717, 1.165) is 42.0 Å². The Hall–Kier alpha value is -2.94. The molecule has 0 spiro atoms. The molecule has 0 saturated heterocycles. The number of hydrogen-bond acceptors (Lipinski definition) is 6. The molecule has 2 atom stereocenters. The van der Waals surface area contributed by atoms with Gasteiger partial charge in [0.2, 0.25) is 5.91 Å². The van der Waals surface area contributed by atoms with Gasteiger partial charge in [0.1, 0.15) is 5.69 Å². The largest absolute Gasteiger partial charge is 0.447 e. The van der Waals surface area contributed by atoms with Crippen molar-refractivity contribution in [3.8, 4) is 11.3 Å². The number of alkyl carbamates (subject to hydrolysis) is 1. The van der Waals surface area contributed by atoms with Gasteiger partial charge in [-0.3, -0.25) is 9.48 Å². The number of fused-ring (bicyclic) bond motifs is 1. The van der Waals surface area contributed by atoms with E-state index >= 15 is 0 Å². The number of carbonyl (C=O) groups excluding carboxylic acids is 2. The Labute approximate surface area is 195 Å². The highest BCUT2D eigenvalue weighted by atomic mass is 16.6. The Bertz CT molecular complexity index is 971. The summed E-state index contributed by atoms with van der Waals surface area (Å²) in [6.45, 7) is 13.1. The first-order valence-corrected chi connectivity index (χ1v) is 11.7. The molecule has 1 aliphatic heterocycles. The van der Waals surface area contributed by atoms with Gasteiger partial charge in [-0.15, -0.1) is 5.10 Å². The number of amides is 2. The second kappa shape index (κ2) is 10.8. The second-order valence-corrected chi connectivity index (χ2v) is 9.23. The van der Waals surface area contributed by atoms with Crippen LogP contribution in [-0.2, 0) is 16.1 Å². The molecule has 1 aromatic heterocycles. The number of carbonyl (C=O) groups is 2. The van der Waals surface area contributed by atoms with Gasteiger partial charge < -0.3 is 20.3 Å². The average molecular weight is 457 g/mol. The lowest BCUT2D eigenvalue weighted by atomic mass is 9.90. The highest BCUT2D eigenvalue weighted by molar-refractivity contribution is 5.94. The quantitative estimate of drug-likeness (QED) is 0.588. The van der Waals surface area contributed by atoms with Crippen molar-refractivity contribution < 1.29 is 14.3 Å². The van der Waals surface area contributed by atoms with Crippen molar-refractivity contribution >= 4 is 17.7 Å². The van der Waals surface area contributed by atoms with E-state index in [2.05, 4.69) is 34.8 Å². The maximum atomic E-state index is 12.4. The fraction of sp³-hybridized carbons (Fsp3) is 0.583. The maximum Gasteiger partial charge on any atom is 0.407 e. The van der Waals surface area contributed by atoms with Crippen LogP contribution in [0.3, 0.4) is 0 Å². The second-order valence-electron chi connectivity index (χ2n) is 9.23. The summed E-state index contributed by atoms with van der Waals surface area (Å²) in [5.74, 6) is -0.0272. The van der Waals surface area contributed by atoms with Crippen molar-refractivity contribution in [3.63, 3.8) is 0 Å². The van der Waals surface area contributed by atoms with Crippen LogP contribution < -0.4 is 15.5 Å². The van der Waals surface area contributed by atoms with E-state index in [1.807, 2.05) is 49.8 Å². The molecule has 0 bridgehead atoms. The Morgan fingerprint density at radius 1 is 1.24 bits per heavy atom. The molecular formula is C24H36N6O3. The first-order chi connectivity index (χ1) is 15.7. The van der Waals surface area contributed by atoms with Crippen molar-refractivity contribution in [1.82, 2.24) is 25.6 Å². The zero-order valence-electron chi connectivity index (χ0n) is 20.5. The third kappa shape index (κ3) is 6.31. The van der Waals surface area contributed by atoms with E-state index in [0.29, 0.717) is 12.5 Å². The van der Waals surface area contributed by atoms with Crippen molar-refractivity contribution in [1.29, 1.82) is 0 Å². The lowest BCUT2D eigenvalue weighted by molar-refractivity contribution is -0.117. The van der Waals surface area contributed by atoms with Gasteiger partial charge >= 0.3 is 6.09 Å². The molecule has 2 amide bonds. The average Bonchev–Trinajstić information content (AvgIpc) is 3.19. The number of aromatic nitrogens is 3. The first-order valence-electron chi connectivity index (χ1n) is 11.7. The molecule has 2 heterocycles. The summed E-state index contributed by atoms with van der Waals surface area (Å²) in [7, 11) is 0. The fourth-order valence-electron chi connectivity index (χ4n) is 4.20. The minimum absolute atomic E-state index is 0.0272. The SMILES string of the molecule is CC(=O)N1c2ccc(-c3cn(CCCNC(C)C)nn3)cc2[C@H](NC(=O)OC(C)C)C[C@@H]1C. The van der Waals surface area contributed by atoms with Crippen LogP contribution in [0.25, 0.3) is 11.3 Å². The van der Waals surface area contributed by atoms with Gasteiger partial charge in [-0.1, -0.05) is 25.1 Å². The summed E-state index contributed by atoms with van der Waals surface area (Å²) < 4.78 is 7.14. The number of anilines is 1. The van der Waals surface area contributed by atoms with Gasteiger partial charge in [0.05, 0.1) is 18.3 Å². The van der Waals surface area contributed by atoms with Crippen molar-refractivity contribution in [2.75, 3.05) is 11.4 Å². The number of rotatable bonds is 8. The molecule has 2 aromatic rings. The highest BCUT2D eigenvalue weighted by Crippen LogP contribution is 2.39. The third-order valence-electron chi connectivity index (χ3n) is 5.61. The summed E-state index contributed by atoms with van der Waals surface area (Å²) in [4.78, 5) is 26.5. The zero-order valence-corrected chi connectivity index (χ0v) is 20.5. The molecule has 2 N–H and O–H groups in total. The summed E-state index contributed by atoms with van der Waals surface area (Å²) in [6.07, 6.45) is 2.81. The smallest absolute Gasteiger partial charge is 0.407 e. The van der Waals surface area contributed by atoms with Crippen molar-refractivity contribution in [2.45, 2.75) is 85.2 Å². The van der Waals surface area contributed by atoms with Crippen LogP contribution in [0.5, 0.6) is 0 Å². The normalized spacial score (nSPS) is 17.9. The summed E-state index contributed by atoms with van der Waals surface area (Å²) in [6, 6.07) is 6.01. The molecule has 0 saturated carbocycles. The topological polar surface area (TPSA) is 101 Å². The van der Waals surface area contributed by atoms with Gasteiger partial charge in [0.15, 0.2) is 0 Å². The van der Waals surface area contributed by atoms with Crippen molar-refractivity contribution in [3.05, 3.63) is 30.0 Å². The molecule has 33 heavy (non-hydrogen) atoms. The van der Waals surface area contributed by atoms with E-state index in [1.165, 1.54) is 0 Å². The zero-order chi connectivity index (χ0) is 24.1. The van der Waals surface area contributed by atoms with E-state index < -0.39 is 6.09 Å². The molecule has 3 rings (SSSR count). The molecular weight excluding hydrogens is 420 g/mol. The van der Waals surface area contributed by atoms with Crippen LogP contribution in [0, 0.1) is 0 Å². The Kier molecular flexibility index (Phi) is 8.07. The predicted molar refractivity (Wildman–Crippen MR) is 128 cm³/mol. The van der Waals surface area contributed by atoms with Gasteiger partial charge in [-0.05, 0) is 57.9 Å². The molecule has 0 unspecified atom stereocenters. The van der Waals surface area contributed by atoms with Crippen LogP contribution in [0.15, 0.2) is 24.4 Å². The molecule has 9 heteroatoms. The number of nitrogens with one attached hydrogen (secondary N) is 2. The molecule has 0 radical (unpaired) electrons. The number of nitrogens with zero attached hydrogens (tertiary/aromatic N) is 4. The Balaban J connectivity index is 1.84. The minimum atomic E-state index is -0.462. The summed E-state index contributed by atoms with van der Waals surface area (Å²) in [5, 5.41) is 15.0. The lowest BCUT2D eigenvalue weighted by Crippen LogP contribution is -2.45. The number of ether oxygens (including phenoxy) is 1. The molecule has 180 valence electrons. The van der Waals surface area contributed by atoms with Crippen molar-refractivity contribution in [2.24, 2.45) is 0 Å². The van der Waals surface area contributed by atoms with Crippen LogP contribution >= 0.6 is 0 Å². The van der Waals surface area contributed by atoms with Crippen LogP contribution in [0.1, 0.15) is 66.0 Å². The molecule has 9 nitrogen and oxygen atoms in total. The number of hydrogen-bond donors (Lipinski definition) is 2. The fourth-order valence-corrected chi connectivity index (χ4v) is 4.20. The Morgan fingerprint density at radius 2 is 2.00 bits per heavy atom. The van der Waals surface area contributed by atoms with E-state index in [1.54, 1.807) is 11.8 Å². The van der Waals surface area contributed by atoms with Gasteiger partial charge in [-0.25, -0.2) is 4.79 Å². The van der Waals surface area contributed by atoms with E-state index in [4.69, 9.17) is 4.74 Å². The van der Waals surface area contributed by atoms with E-state index in [-0.39, 0.29) is 24.1 Å². The minimum Gasteiger partial charge on any atom is -0.447 e. The number of benzene rings is 1. The summed E-state index contributed by atoms with van der Waals surface area (Å²) >= 11 is 0. The Morgan fingerprint density at radius 3 is 2.67 bits per heavy atom. The van der Waals surface area contributed by atoms with Gasteiger partial charge in [-0.2, -0.15) is 0 Å². The van der Waals surface area contributed by atoms with Crippen LogP contribution in [0.2, 0.25) is 0 Å². The molecule has 1 aromatic carbocycles. The highest BCUT2D eigenvalue weighted by Gasteiger charge is 2.34. The lowest BCUT2D eigenvalue weighted by Gasteiger charge is -2.39. The van der Waals surface area contributed by atoms with Crippen LogP contribution in [0.4, 0.5) is 10.5 Å².